The first-order chi connectivity index (χ1) is 18.4. The van der Waals surface area contributed by atoms with E-state index < -0.39 is 11.9 Å². The van der Waals surface area contributed by atoms with Crippen LogP contribution in [0.1, 0.15) is 59.7 Å². The molecule has 6 rings (SSSR count). The molecule has 2 aliphatic rings. The van der Waals surface area contributed by atoms with Crippen molar-refractivity contribution in [1.82, 2.24) is 20.2 Å². The first-order valence-electron chi connectivity index (χ1n) is 12.7. The SMILES string of the molecule is CC(C)c1ccccc1-c1nc(NCc2ccc3c(c2)CN(C2CCC(=O)NC2=O)C3=O)c2occc2n1. The molecule has 192 valence electrons. The summed E-state index contributed by atoms with van der Waals surface area (Å²) in [7, 11) is 0. The summed E-state index contributed by atoms with van der Waals surface area (Å²) < 4.78 is 5.69. The Hall–Kier alpha value is -4.53. The van der Waals surface area contributed by atoms with Crippen molar-refractivity contribution in [3.05, 3.63) is 77.0 Å². The maximum Gasteiger partial charge on any atom is 0.255 e. The molecule has 2 N–H and O–H groups in total. The quantitative estimate of drug-likeness (QED) is 0.370. The fraction of sp³-hybridized carbons (Fsp3) is 0.276. The minimum Gasteiger partial charge on any atom is -0.459 e. The van der Waals surface area contributed by atoms with E-state index in [-0.39, 0.29) is 18.2 Å². The highest BCUT2D eigenvalue weighted by atomic mass is 16.3. The molecule has 9 nitrogen and oxygen atoms in total. The number of imide groups is 1. The number of carbonyl (C=O) groups is 3. The van der Waals surface area contributed by atoms with Crippen LogP contribution in [0, 0.1) is 0 Å². The van der Waals surface area contributed by atoms with Crippen molar-refractivity contribution < 1.29 is 18.8 Å². The van der Waals surface area contributed by atoms with E-state index in [1.807, 2.05) is 36.4 Å². The van der Waals surface area contributed by atoms with Crippen LogP contribution in [0.4, 0.5) is 5.82 Å². The minimum absolute atomic E-state index is 0.185. The predicted octanol–water partition coefficient (Wildman–Crippen LogP) is 4.39. The predicted molar refractivity (Wildman–Crippen MR) is 141 cm³/mol. The molecule has 4 heterocycles. The first kappa shape index (κ1) is 23.8. The van der Waals surface area contributed by atoms with Crippen molar-refractivity contribution in [3.63, 3.8) is 0 Å². The second kappa shape index (κ2) is 9.41. The Morgan fingerprint density at radius 3 is 2.74 bits per heavy atom. The molecule has 2 aromatic heterocycles. The minimum atomic E-state index is -0.630. The molecular weight excluding hydrogens is 482 g/mol. The standard InChI is InChI=1S/C29H27N5O4/c1-16(2)19-5-3-4-6-21(19)26-31-22-11-12-38-25(22)27(33-26)30-14-17-7-8-20-18(13-17)15-34(29(20)37)23-9-10-24(35)32-28(23)36/h3-8,11-13,16,23H,9-10,14-15H2,1-2H3,(H,30,31,33)(H,32,35,36). The van der Waals surface area contributed by atoms with Crippen molar-refractivity contribution in [2.45, 2.75) is 51.7 Å². The number of hydrogen-bond donors (Lipinski definition) is 2. The molecule has 1 fully saturated rings. The van der Waals surface area contributed by atoms with E-state index in [0.717, 1.165) is 22.2 Å². The molecule has 4 aromatic rings. The van der Waals surface area contributed by atoms with Crippen LogP contribution >= 0.6 is 0 Å². The van der Waals surface area contributed by atoms with Crippen molar-refractivity contribution >= 4 is 34.6 Å². The van der Waals surface area contributed by atoms with Gasteiger partial charge >= 0.3 is 0 Å². The van der Waals surface area contributed by atoms with Crippen LogP contribution in [0.5, 0.6) is 0 Å². The summed E-state index contributed by atoms with van der Waals surface area (Å²) in [6.45, 7) is 5.08. The maximum absolute atomic E-state index is 13.0. The fourth-order valence-corrected chi connectivity index (χ4v) is 5.23. The Bertz CT molecular complexity index is 1590. The molecule has 3 amide bonds. The van der Waals surface area contributed by atoms with Gasteiger partial charge in [-0.2, -0.15) is 0 Å². The van der Waals surface area contributed by atoms with Crippen LogP contribution in [-0.2, 0) is 22.7 Å². The van der Waals surface area contributed by atoms with Gasteiger partial charge in [-0.3, -0.25) is 19.7 Å². The van der Waals surface area contributed by atoms with E-state index in [2.05, 4.69) is 30.5 Å². The summed E-state index contributed by atoms with van der Waals surface area (Å²) in [6, 6.07) is 15.0. The lowest BCUT2D eigenvalue weighted by molar-refractivity contribution is -0.136. The summed E-state index contributed by atoms with van der Waals surface area (Å²) in [5.41, 5.74) is 5.86. The summed E-state index contributed by atoms with van der Waals surface area (Å²) in [6.07, 6.45) is 2.18. The number of anilines is 1. The van der Waals surface area contributed by atoms with Crippen molar-refractivity contribution in [2.24, 2.45) is 0 Å². The van der Waals surface area contributed by atoms with E-state index in [9.17, 15) is 14.4 Å². The lowest BCUT2D eigenvalue weighted by Gasteiger charge is -2.29. The van der Waals surface area contributed by atoms with Gasteiger partial charge in [0.25, 0.3) is 5.91 Å². The average Bonchev–Trinajstić information content (AvgIpc) is 3.51. The highest BCUT2D eigenvalue weighted by Crippen LogP contribution is 2.32. The molecule has 38 heavy (non-hydrogen) atoms. The summed E-state index contributed by atoms with van der Waals surface area (Å²) >= 11 is 0. The Balaban J connectivity index is 1.24. The van der Waals surface area contributed by atoms with E-state index in [1.165, 1.54) is 5.56 Å². The molecule has 9 heteroatoms. The number of furan rings is 1. The van der Waals surface area contributed by atoms with Gasteiger partial charge in [-0.25, -0.2) is 9.97 Å². The molecule has 0 saturated carbocycles. The molecular formula is C29H27N5O4. The van der Waals surface area contributed by atoms with Crippen LogP contribution in [-0.4, -0.2) is 38.6 Å². The number of piperidine rings is 1. The van der Waals surface area contributed by atoms with Crippen LogP contribution in [0.2, 0.25) is 0 Å². The zero-order valence-corrected chi connectivity index (χ0v) is 21.2. The Morgan fingerprint density at radius 2 is 1.92 bits per heavy atom. The molecule has 0 aliphatic carbocycles. The number of nitrogens with zero attached hydrogens (tertiary/aromatic N) is 3. The smallest absolute Gasteiger partial charge is 0.255 e. The zero-order valence-electron chi connectivity index (χ0n) is 21.2. The van der Waals surface area contributed by atoms with Gasteiger partial charge in [0.05, 0.1) is 6.26 Å². The van der Waals surface area contributed by atoms with Crippen molar-refractivity contribution in [1.29, 1.82) is 0 Å². The molecule has 1 saturated heterocycles. The molecule has 1 atom stereocenters. The van der Waals surface area contributed by atoms with Crippen LogP contribution in [0.15, 0.2) is 59.2 Å². The molecule has 0 spiro atoms. The molecule has 1 unspecified atom stereocenters. The number of benzene rings is 2. The molecule has 2 aliphatic heterocycles. The summed E-state index contributed by atoms with van der Waals surface area (Å²) in [5, 5.41) is 5.73. The first-order valence-corrected chi connectivity index (χ1v) is 12.7. The highest BCUT2D eigenvalue weighted by molar-refractivity contribution is 6.05. The number of amides is 3. The van der Waals surface area contributed by atoms with Crippen LogP contribution in [0.3, 0.4) is 0 Å². The lowest BCUT2D eigenvalue weighted by Crippen LogP contribution is -2.52. The van der Waals surface area contributed by atoms with Gasteiger partial charge < -0.3 is 14.6 Å². The van der Waals surface area contributed by atoms with Gasteiger partial charge in [-0.05, 0) is 35.1 Å². The topological polar surface area (TPSA) is 117 Å². The van der Waals surface area contributed by atoms with E-state index in [0.29, 0.717) is 48.2 Å². The van der Waals surface area contributed by atoms with Crippen LogP contribution < -0.4 is 10.6 Å². The highest BCUT2D eigenvalue weighted by Gasteiger charge is 2.39. The Labute approximate surface area is 219 Å². The third kappa shape index (κ3) is 4.19. The van der Waals surface area contributed by atoms with Gasteiger partial charge in [0.1, 0.15) is 11.6 Å². The normalized spacial score (nSPS) is 17.3. The largest absolute Gasteiger partial charge is 0.459 e. The van der Waals surface area contributed by atoms with E-state index >= 15 is 0 Å². The number of carbonyl (C=O) groups excluding carboxylic acids is 3. The fourth-order valence-electron chi connectivity index (χ4n) is 5.23. The van der Waals surface area contributed by atoms with Gasteiger partial charge in [0.15, 0.2) is 17.2 Å². The molecule has 2 aromatic carbocycles. The number of fused-ring (bicyclic) bond motifs is 2. The average molecular weight is 510 g/mol. The second-order valence-electron chi connectivity index (χ2n) is 10.0. The number of nitrogens with one attached hydrogen (secondary N) is 2. The van der Waals surface area contributed by atoms with Gasteiger partial charge in [0.2, 0.25) is 11.8 Å². The third-order valence-electron chi connectivity index (χ3n) is 7.18. The number of rotatable bonds is 6. The Kier molecular flexibility index (Phi) is 5.90. The molecule has 0 radical (unpaired) electrons. The van der Waals surface area contributed by atoms with Crippen molar-refractivity contribution in [3.8, 4) is 11.4 Å². The zero-order chi connectivity index (χ0) is 26.4. The van der Waals surface area contributed by atoms with Gasteiger partial charge in [-0.15, -0.1) is 0 Å². The Morgan fingerprint density at radius 1 is 1.08 bits per heavy atom. The van der Waals surface area contributed by atoms with Gasteiger partial charge in [0, 0.05) is 36.7 Å². The van der Waals surface area contributed by atoms with Crippen LogP contribution in [0.25, 0.3) is 22.5 Å². The van der Waals surface area contributed by atoms with Crippen molar-refractivity contribution in [2.75, 3.05) is 5.32 Å². The summed E-state index contributed by atoms with van der Waals surface area (Å²) in [5.74, 6) is 0.650. The third-order valence-corrected chi connectivity index (χ3v) is 7.18. The second-order valence-corrected chi connectivity index (χ2v) is 10.0. The number of aromatic nitrogens is 2. The number of hydrogen-bond acceptors (Lipinski definition) is 7. The van der Waals surface area contributed by atoms with Gasteiger partial charge in [-0.1, -0.05) is 50.2 Å². The van der Waals surface area contributed by atoms with E-state index in [1.54, 1.807) is 17.2 Å². The van der Waals surface area contributed by atoms with E-state index in [4.69, 9.17) is 14.4 Å². The maximum atomic E-state index is 13.0. The molecule has 0 bridgehead atoms. The lowest BCUT2D eigenvalue weighted by atomic mass is 9.97. The summed E-state index contributed by atoms with van der Waals surface area (Å²) in [4.78, 5) is 48.0. The monoisotopic (exact) mass is 509 g/mol.